The molecule has 1 amide bonds. The quantitative estimate of drug-likeness (QED) is 0.237. The minimum absolute atomic E-state index is 0.0308. The number of alkyl halides is 3. The van der Waals surface area contributed by atoms with Crippen LogP contribution in [0.4, 0.5) is 18.9 Å². The van der Waals surface area contributed by atoms with Crippen molar-refractivity contribution in [2.75, 3.05) is 38.9 Å². The highest BCUT2D eigenvalue weighted by Gasteiger charge is 2.47. The lowest BCUT2D eigenvalue weighted by atomic mass is 9.86. The van der Waals surface area contributed by atoms with Gasteiger partial charge in [0.1, 0.15) is 6.73 Å². The number of sulfonamides is 1. The number of para-hydroxylation sites is 1. The number of carbonyl (C=O) groups excluding carboxylic acids is 1. The molecule has 0 radical (unpaired) electrons. The van der Waals surface area contributed by atoms with Gasteiger partial charge in [-0.1, -0.05) is 48.5 Å². The van der Waals surface area contributed by atoms with E-state index in [4.69, 9.17) is 14.2 Å². The molecule has 43 heavy (non-hydrogen) atoms. The number of amides is 1. The molecule has 226 valence electrons. The lowest BCUT2D eigenvalue weighted by Gasteiger charge is -2.40. The van der Waals surface area contributed by atoms with E-state index in [0.717, 1.165) is 14.6 Å². The van der Waals surface area contributed by atoms with E-state index in [1.54, 1.807) is 36.4 Å². The molecule has 0 unspecified atom stereocenters. The highest BCUT2D eigenvalue weighted by molar-refractivity contribution is 7.92. The van der Waals surface area contributed by atoms with Crippen molar-refractivity contribution in [1.82, 2.24) is 4.90 Å². The second-order valence-corrected chi connectivity index (χ2v) is 11.8. The standard InChI is InChI=1S/C31H29F3N2O6S/c1-40-19-36(43(38,39)23-13-12-20-8-4-5-9-21(20)16-23)26-11-7-6-10-24(26)29-25-18-28(42-3)27(41-2)17-22(25)14-15-35(29)30(37)31(32,33)34/h4-13,16-18,29H,14-15,19H2,1-3H3/t29-/m1/s1. The van der Waals surface area contributed by atoms with E-state index < -0.39 is 34.9 Å². The third-order valence-corrected chi connectivity index (χ3v) is 9.16. The molecule has 12 heteroatoms. The number of halogens is 3. The number of hydrogen-bond acceptors (Lipinski definition) is 6. The van der Waals surface area contributed by atoms with Crippen LogP contribution in [0.3, 0.4) is 0 Å². The Labute approximate surface area is 247 Å². The largest absolute Gasteiger partial charge is 0.493 e. The first kappa shape index (κ1) is 30.2. The number of nitrogens with zero attached hydrogens (tertiary/aromatic N) is 2. The summed E-state index contributed by atoms with van der Waals surface area (Å²) in [4.78, 5) is 13.5. The predicted molar refractivity (Wildman–Crippen MR) is 155 cm³/mol. The molecule has 0 saturated carbocycles. The van der Waals surface area contributed by atoms with Crippen molar-refractivity contribution >= 4 is 32.4 Å². The molecular formula is C31H29F3N2O6S. The first-order valence-electron chi connectivity index (χ1n) is 13.2. The molecule has 4 aromatic rings. The monoisotopic (exact) mass is 614 g/mol. The molecule has 0 spiro atoms. The van der Waals surface area contributed by atoms with E-state index in [1.807, 2.05) is 12.1 Å². The summed E-state index contributed by atoms with van der Waals surface area (Å²) < 4.78 is 87.2. The van der Waals surface area contributed by atoms with Crippen molar-refractivity contribution in [2.24, 2.45) is 0 Å². The van der Waals surface area contributed by atoms with Gasteiger partial charge >= 0.3 is 12.1 Å². The lowest BCUT2D eigenvalue weighted by molar-refractivity contribution is -0.187. The second-order valence-electron chi connectivity index (χ2n) is 9.89. The third kappa shape index (κ3) is 5.59. The van der Waals surface area contributed by atoms with Crippen molar-refractivity contribution in [3.63, 3.8) is 0 Å². The minimum Gasteiger partial charge on any atom is -0.493 e. The van der Waals surface area contributed by atoms with Crippen LogP contribution in [0.25, 0.3) is 10.8 Å². The van der Waals surface area contributed by atoms with E-state index in [9.17, 15) is 26.4 Å². The summed E-state index contributed by atoms with van der Waals surface area (Å²) >= 11 is 0. The van der Waals surface area contributed by atoms with Crippen LogP contribution in [0.5, 0.6) is 11.5 Å². The van der Waals surface area contributed by atoms with Gasteiger partial charge in [-0.2, -0.15) is 13.2 Å². The van der Waals surface area contributed by atoms with Crippen molar-refractivity contribution in [1.29, 1.82) is 0 Å². The van der Waals surface area contributed by atoms with Gasteiger partial charge in [0, 0.05) is 19.2 Å². The van der Waals surface area contributed by atoms with E-state index in [2.05, 4.69) is 0 Å². The fourth-order valence-electron chi connectivity index (χ4n) is 5.45. The molecule has 1 aliphatic heterocycles. The fraction of sp³-hybridized carbons (Fsp3) is 0.258. The van der Waals surface area contributed by atoms with Crippen LogP contribution in [0.2, 0.25) is 0 Å². The smallest absolute Gasteiger partial charge is 0.471 e. The lowest BCUT2D eigenvalue weighted by Crippen LogP contribution is -2.47. The van der Waals surface area contributed by atoms with Crippen molar-refractivity contribution in [3.05, 3.63) is 95.6 Å². The summed E-state index contributed by atoms with van der Waals surface area (Å²) in [6.45, 7) is -0.702. The zero-order valence-electron chi connectivity index (χ0n) is 23.6. The van der Waals surface area contributed by atoms with Gasteiger partial charge in [0.15, 0.2) is 11.5 Å². The summed E-state index contributed by atoms with van der Waals surface area (Å²) in [5.74, 6) is -1.41. The molecule has 8 nitrogen and oxygen atoms in total. The maximum absolute atomic E-state index is 14.2. The Hall–Kier alpha value is -4.29. The normalized spacial score (nSPS) is 15.2. The van der Waals surface area contributed by atoms with E-state index >= 15 is 0 Å². The number of hydrogen-bond donors (Lipinski definition) is 0. The van der Waals surface area contributed by atoms with Gasteiger partial charge in [-0.15, -0.1) is 0 Å². The van der Waals surface area contributed by atoms with Gasteiger partial charge < -0.3 is 19.1 Å². The van der Waals surface area contributed by atoms with Crippen LogP contribution in [0.15, 0.2) is 83.8 Å². The van der Waals surface area contributed by atoms with Crippen molar-refractivity contribution in [3.8, 4) is 11.5 Å². The molecule has 0 aromatic heterocycles. The number of methoxy groups -OCH3 is 3. The van der Waals surface area contributed by atoms with Crippen LogP contribution in [-0.4, -0.2) is 60.0 Å². The molecule has 0 N–H and O–H groups in total. The van der Waals surface area contributed by atoms with E-state index in [1.165, 1.54) is 51.7 Å². The molecule has 5 rings (SSSR count). The third-order valence-electron chi connectivity index (χ3n) is 7.43. The summed E-state index contributed by atoms with van der Waals surface area (Å²) in [5.41, 5.74) is 1.22. The van der Waals surface area contributed by atoms with E-state index in [0.29, 0.717) is 22.3 Å². The highest BCUT2D eigenvalue weighted by Crippen LogP contribution is 2.45. The van der Waals surface area contributed by atoms with Gasteiger partial charge in [-0.05, 0) is 58.7 Å². The number of ether oxygens (including phenoxy) is 3. The molecule has 0 fully saturated rings. The Balaban J connectivity index is 1.72. The van der Waals surface area contributed by atoms with Gasteiger partial charge in [-0.25, -0.2) is 12.7 Å². The molecule has 1 aliphatic rings. The van der Waals surface area contributed by atoms with Gasteiger partial charge in [-0.3, -0.25) is 4.79 Å². The highest BCUT2D eigenvalue weighted by atomic mass is 32.2. The summed E-state index contributed by atoms with van der Waals surface area (Å²) in [6.07, 6.45) is -5.04. The van der Waals surface area contributed by atoms with Crippen LogP contribution >= 0.6 is 0 Å². The number of anilines is 1. The zero-order valence-corrected chi connectivity index (χ0v) is 24.4. The van der Waals surface area contributed by atoms with Gasteiger partial charge in [0.25, 0.3) is 10.0 Å². The fourth-order valence-corrected chi connectivity index (χ4v) is 6.89. The summed E-state index contributed by atoms with van der Waals surface area (Å²) in [5, 5.41) is 1.53. The average molecular weight is 615 g/mol. The van der Waals surface area contributed by atoms with E-state index in [-0.39, 0.29) is 34.9 Å². The Bertz CT molecular complexity index is 1780. The first-order chi connectivity index (χ1) is 20.5. The van der Waals surface area contributed by atoms with Crippen LogP contribution in [-0.2, 0) is 26.0 Å². The topological polar surface area (TPSA) is 85.4 Å². The van der Waals surface area contributed by atoms with Crippen molar-refractivity contribution in [2.45, 2.75) is 23.5 Å². The number of fused-ring (bicyclic) bond motifs is 2. The molecule has 1 atom stereocenters. The molecule has 0 aliphatic carbocycles. The Morgan fingerprint density at radius 3 is 2.21 bits per heavy atom. The Morgan fingerprint density at radius 2 is 1.53 bits per heavy atom. The maximum atomic E-state index is 14.2. The Morgan fingerprint density at radius 1 is 0.884 bits per heavy atom. The first-order valence-corrected chi connectivity index (χ1v) is 14.7. The van der Waals surface area contributed by atoms with Gasteiger partial charge in [0.2, 0.25) is 0 Å². The summed E-state index contributed by atoms with van der Waals surface area (Å²) in [7, 11) is -0.142. The molecule has 1 heterocycles. The zero-order chi connectivity index (χ0) is 30.9. The van der Waals surface area contributed by atoms with Crippen LogP contribution in [0.1, 0.15) is 22.7 Å². The SMILES string of the molecule is COCN(c1ccccc1[C@@H]1c2cc(OC)c(OC)cc2CCN1C(=O)C(F)(F)F)S(=O)(=O)c1ccc2ccccc2c1. The van der Waals surface area contributed by atoms with Crippen molar-refractivity contribution < 1.29 is 40.6 Å². The molecule has 4 aromatic carbocycles. The average Bonchev–Trinajstić information content (AvgIpc) is 3.01. The number of rotatable bonds is 8. The molecule has 0 saturated heterocycles. The molecule has 0 bridgehead atoms. The van der Waals surface area contributed by atoms with Gasteiger partial charge in [0.05, 0.1) is 30.8 Å². The Kier molecular flexibility index (Phi) is 8.26. The number of carbonyl (C=O) groups is 1. The predicted octanol–water partition coefficient (Wildman–Crippen LogP) is 5.69. The summed E-state index contributed by atoms with van der Waals surface area (Å²) in [6, 6.07) is 20.0. The van der Waals surface area contributed by atoms with Crippen LogP contribution in [0, 0.1) is 0 Å². The second kappa shape index (κ2) is 11.8. The maximum Gasteiger partial charge on any atom is 0.471 e. The van der Waals surface area contributed by atoms with Crippen LogP contribution < -0.4 is 13.8 Å². The minimum atomic E-state index is -5.16. The molecular weight excluding hydrogens is 585 g/mol. The number of benzene rings is 4.